The average molecular weight is 401 g/mol. The second-order valence-electron chi connectivity index (χ2n) is 7.12. The molecule has 0 radical (unpaired) electrons. The number of fused-ring (bicyclic) bond motifs is 1. The quantitative estimate of drug-likeness (QED) is 0.513. The number of aliphatic hydroxyl groups is 1. The van der Waals surface area contributed by atoms with E-state index < -0.39 is 5.60 Å². The van der Waals surface area contributed by atoms with E-state index in [9.17, 15) is 9.90 Å². The van der Waals surface area contributed by atoms with Gasteiger partial charge in [0.05, 0.1) is 6.54 Å². The van der Waals surface area contributed by atoms with Gasteiger partial charge in [-0.05, 0) is 42.8 Å². The number of hydrogen-bond acceptors (Lipinski definition) is 4. The molecule has 1 unspecified atom stereocenters. The van der Waals surface area contributed by atoms with Crippen LogP contribution in [0.4, 0.5) is 0 Å². The Hall–Kier alpha value is -2.38. The Bertz CT molecular complexity index is 817. The summed E-state index contributed by atoms with van der Waals surface area (Å²) in [5.74, 6) is 0.546. The summed E-state index contributed by atoms with van der Waals surface area (Å²) in [5.41, 5.74) is 1.04. The molecule has 0 aliphatic carbocycles. The molecule has 7 heteroatoms. The number of benzene rings is 1. The van der Waals surface area contributed by atoms with E-state index in [1.165, 1.54) is 10.4 Å². The number of amides is 1. The summed E-state index contributed by atoms with van der Waals surface area (Å²) in [7, 11) is 0. The summed E-state index contributed by atoms with van der Waals surface area (Å²) < 4.78 is 0. The Labute approximate surface area is 170 Å². The Balaban J connectivity index is 1.57. The Kier molecular flexibility index (Phi) is 6.70. The highest BCUT2D eigenvalue weighted by atomic mass is 32.1. The molecule has 3 rings (SSSR count). The molecular weight excluding hydrogens is 372 g/mol. The molecule has 1 aliphatic rings. The smallest absolute Gasteiger partial charge is 0.244 e. The topological polar surface area (TPSA) is 77.0 Å². The van der Waals surface area contributed by atoms with Crippen molar-refractivity contribution in [2.75, 3.05) is 26.2 Å². The van der Waals surface area contributed by atoms with Gasteiger partial charge in [-0.25, -0.2) is 4.99 Å². The largest absolute Gasteiger partial charge is 0.384 e. The summed E-state index contributed by atoms with van der Waals surface area (Å²) in [6.07, 6.45) is 0.917. The zero-order valence-corrected chi connectivity index (χ0v) is 17.3. The molecule has 1 amide bonds. The number of rotatable bonds is 6. The van der Waals surface area contributed by atoms with Gasteiger partial charge in [0.2, 0.25) is 5.91 Å². The Morgan fingerprint density at radius 1 is 1.29 bits per heavy atom. The van der Waals surface area contributed by atoms with Crippen molar-refractivity contribution in [1.29, 1.82) is 0 Å². The lowest BCUT2D eigenvalue weighted by Gasteiger charge is -2.27. The first-order chi connectivity index (χ1) is 13.5. The van der Waals surface area contributed by atoms with Crippen molar-refractivity contribution in [2.45, 2.75) is 32.4 Å². The standard InChI is InChI=1S/C21H28N4O2S/c1-3-22-20(24-15-21(2,27)17-7-5-4-6-8-17)23-13-19(26)25-11-9-18-16(14-25)10-12-28-18/h4-8,10,12,27H,3,9,11,13-15H2,1-2H3,(H2,22,23,24). The zero-order chi connectivity index (χ0) is 20.0. The third kappa shape index (κ3) is 5.11. The second-order valence-corrected chi connectivity index (χ2v) is 8.12. The van der Waals surface area contributed by atoms with Crippen LogP contribution in [-0.2, 0) is 23.4 Å². The van der Waals surface area contributed by atoms with Crippen LogP contribution in [0.15, 0.2) is 46.8 Å². The van der Waals surface area contributed by atoms with Crippen LogP contribution >= 0.6 is 11.3 Å². The lowest BCUT2D eigenvalue weighted by atomic mass is 9.96. The predicted molar refractivity (Wildman–Crippen MR) is 113 cm³/mol. The van der Waals surface area contributed by atoms with E-state index in [1.807, 2.05) is 42.2 Å². The molecule has 0 fully saturated rings. The van der Waals surface area contributed by atoms with E-state index in [0.717, 1.165) is 18.5 Å². The van der Waals surface area contributed by atoms with Gasteiger partial charge in [0.15, 0.2) is 5.96 Å². The second kappa shape index (κ2) is 9.21. The molecule has 28 heavy (non-hydrogen) atoms. The van der Waals surface area contributed by atoms with Crippen LogP contribution in [0.1, 0.15) is 29.9 Å². The minimum Gasteiger partial charge on any atom is -0.384 e. The third-order valence-corrected chi connectivity index (χ3v) is 5.90. The summed E-state index contributed by atoms with van der Waals surface area (Å²) in [5, 5.41) is 19.1. The number of hydrogen-bond donors (Lipinski definition) is 3. The van der Waals surface area contributed by atoms with Gasteiger partial charge in [-0.1, -0.05) is 30.3 Å². The van der Waals surface area contributed by atoms with Crippen molar-refractivity contribution in [3.8, 4) is 0 Å². The van der Waals surface area contributed by atoms with Crippen LogP contribution in [0.2, 0.25) is 0 Å². The fraction of sp³-hybridized carbons (Fsp3) is 0.429. The van der Waals surface area contributed by atoms with Crippen molar-refractivity contribution in [3.63, 3.8) is 0 Å². The Morgan fingerprint density at radius 2 is 2.07 bits per heavy atom. The maximum absolute atomic E-state index is 12.6. The van der Waals surface area contributed by atoms with Crippen molar-refractivity contribution < 1.29 is 9.90 Å². The molecule has 1 aromatic carbocycles. The molecule has 0 spiro atoms. The molecule has 1 aromatic heterocycles. The minimum atomic E-state index is -1.04. The molecule has 1 atom stereocenters. The lowest BCUT2D eigenvalue weighted by molar-refractivity contribution is -0.130. The number of thiophene rings is 1. The molecule has 2 heterocycles. The van der Waals surface area contributed by atoms with E-state index in [0.29, 0.717) is 25.6 Å². The first kappa shape index (κ1) is 20.4. The lowest BCUT2D eigenvalue weighted by Crippen LogP contribution is -2.45. The molecule has 6 nitrogen and oxygen atoms in total. The van der Waals surface area contributed by atoms with Crippen LogP contribution in [-0.4, -0.2) is 48.1 Å². The number of nitrogens with zero attached hydrogens (tertiary/aromatic N) is 2. The van der Waals surface area contributed by atoms with Crippen molar-refractivity contribution >= 4 is 23.2 Å². The molecule has 0 bridgehead atoms. The minimum absolute atomic E-state index is 0.0175. The van der Waals surface area contributed by atoms with Crippen LogP contribution in [0.3, 0.4) is 0 Å². The van der Waals surface area contributed by atoms with Gasteiger partial charge in [0.1, 0.15) is 12.1 Å². The molecule has 1 aliphatic heterocycles. The molecule has 2 aromatic rings. The first-order valence-corrected chi connectivity index (χ1v) is 10.5. The molecule has 150 valence electrons. The fourth-order valence-corrected chi connectivity index (χ4v) is 4.09. The van der Waals surface area contributed by atoms with Crippen molar-refractivity contribution in [2.24, 2.45) is 4.99 Å². The van der Waals surface area contributed by atoms with Crippen molar-refractivity contribution in [1.82, 2.24) is 15.5 Å². The average Bonchev–Trinajstić information content (AvgIpc) is 3.18. The molecule has 0 saturated carbocycles. The van der Waals surface area contributed by atoms with Gasteiger partial charge in [-0.15, -0.1) is 11.3 Å². The van der Waals surface area contributed by atoms with Crippen LogP contribution in [0.5, 0.6) is 0 Å². The van der Waals surface area contributed by atoms with Gasteiger partial charge in [-0.2, -0.15) is 0 Å². The van der Waals surface area contributed by atoms with Gasteiger partial charge >= 0.3 is 0 Å². The summed E-state index contributed by atoms with van der Waals surface area (Å²) in [6.45, 7) is 6.19. The van der Waals surface area contributed by atoms with Crippen LogP contribution < -0.4 is 10.6 Å². The zero-order valence-electron chi connectivity index (χ0n) is 16.4. The predicted octanol–water partition coefficient (Wildman–Crippen LogP) is 2.10. The molecule has 3 N–H and O–H groups in total. The van der Waals surface area contributed by atoms with Gasteiger partial charge in [0.25, 0.3) is 0 Å². The monoisotopic (exact) mass is 400 g/mol. The van der Waals surface area contributed by atoms with Gasteiger partial charge in [-0.3, -0.25) is 4.79 Å². The van der Waals surface area contributed by atoms with E-state index in [4.69, 9.17) is 0 Å². The SMILES string of the molecule is CCNC(=NCC(=O)N1CCc2sccc2C1)NCC(C)(O)c1ccccc1. The highest BCUT2D eigenvalue weighted by Crippen LogP contribution is 2.24. The highest BCUT2D eigenvalue weighted by molar-refractivity contribution is 7.10. The van der Waals surface area contributed by atoms with E-state index >= 15 is 0 Å². The number of guanidine groups is 1. The van der Waals surface area contributed by atoms with E-state index in [-0.39, 0.29) is 12.5 Å². The number of carbonyl (C=O) groups is 1. The molecule has 0 saturated heterocycles. The summed E-state index contributed by atoms with van der Waals surface area (Å²) in [4.78, 5) is 20.2. The fourth-order valence-electron chi connectivity index (χ4n) is 3.20. The Morgan fingerprint density at radius 3 is 2.82 bits per heavy atom. The maximum atomic E-state index is 12.6. The van der Waals surface area contributed by atoms with Crippen molar-refractivity contribution in [3.05, 3.63) is 57.8 Å². The highest BCUT2D eigenvalue weighted by Gasteiger charge is 2.24. The normalized spacial score (nSPS) is 16.2. The van der Waals surface area contributed by atoms with Gasteiger partial charge in [0, 0.05) is 24.5 Å². The summed E-state index contributed by atoms with van der Waals surface area (Å²) >= 11 is 1.76. The van der Waals surface area contributed by atoms with E-state index in [2.05, 4.69) is 27.1 Å². The third-order valence-electron chi connectivity index (χ3n) is 4.87. The first-order valence-electron chi connectivity index (χ1n) is 9.62. The van der Waals surface area contributed by atoms with Gasteiger partial charge < -0.3 is 20.6 Å². The number of nitrogens with one attached hydrogen (secondary N) is 2. The van der Waals surface area contributed by atoms with Crippen LogP contribution in [0.25, 0.3) is 0 Å². The number of aliphatic imine (C=N–C) groups is 1. The summed E-state index contributed by atoms with van der Waals surface area (Å²) in [6, 6.07) is 11.6. The van der Waals surface area contributed by atoms with E-state index in [1.54, 1.807) is 18.3 Å². The van der Waals surface area contributed by atoms with Crippen LogP contribution in [0, 0.1) is 0 Å². The molecular formula is C21H28N4O2S. The maximum Gasteiger partial charge on any atom is 0.244 e. The number of carbonyl (C=O) groups excluding carboxylic acids is 1.